The zero-order chi connectivity index (χ0) is 22.9. The molecule has 3 heterocycles. The Kier molecular flexibility index (Phi) is 6.60. The lowest BCUT2D eigenvalue weighted by Gasteiger charge is -2.47. The van der Waals surface area contributed by atoms with Gasteiger partial charge in [-0.15, -0.1) is 0 Å². The van der Waals surface area contributed by atoms with Crippen molar-refractivity contribution in [2.24, 2.45) is 0 Å². The lowest BCUT2D eigenvalue weighted by Crippen LogP contribution is -2.68. The first-order chi connectivity index (χ1) is 15.4. The Bertz CT molecular complexity index is 970. The predicted octanol–water partition coefficient (Wildman–Crippen LogP) is 1.16. The Morgan fingerprint density at radius 2 is 2.00 bits per heavy atom. The highest BCUT2D eigenvalue weighted by molar-refractivity contribution is 5.86. The topological polar surface area (TPSA) is 115 Å². The van der Waals surface area contributed by atoms with Crippen molar-refractivity contribution in [2.45, 2.75) is 55.7 Å². The minimum absolute atomic E-state index is 0.179. The molecule has 1 fully saturated rings. The lowest BCUT2D eigenvalue weighted by atomic mass is 9.95. The predicted molar refractivity (Wildman–Crippen MR) is 117 cm³/mol. The number of aryl methyl sites for hydroxylation is 1. The van der Waals surface area contributed by atoms with Crippen LogP contribution in [0.15, 0.2) is 36.5 Å². The van der Waals surface area contributed by atoms with Crippen LogP contribution in [0.1, 0.15) is 24.8 Å². The van der Waals surface area contributed by atoms with Gasteiger partial charge in [0.15, 0.2) is 12.2 Å². The van der Waals surface area contributed by atoms with Gasteiger partial charge in [-0.1, -0.05) is 18.2 Å². The highest BCUT2D eigenvalue weighted by Gasteiger charge is 2.62. The first-order valence-electron chi connectivity index (χ1n) is 10.8. The quantitative estimate of drug-likeness (QED) is 0.445. The number of aromatic nitrogens is 1. The van der Waals surface area contributed by atoms with Crippen molar-refractivity contribution in [3.05, 3.63) is 42.1 Å². The molecule has 2 aliphatic heterocycles. The maximum atomic E-state index is 11.1. The van der Waals surface area contributed by atoms with Crippen LogP contribution in [0.2, 0.25) is 0 Å². The number of para-hydroxylation sites is 1. The fourth-order valence-electron chi connectivity index (χ4n) is 4.65. The number of fused-ring (bicyclic) bond motifs is 1. The summed E-state index contributed by atoms with van der Waals surface area (Å²) in [5, 5.41) is 37.1. The zero-order valence-corrected chi connectivity index (χ0v) is 18.7. The Balaban J connectivity index is 1.76. The van der Waals surface area contributed by atoms with Crippen LogP contribution >= 0.6 is 0 Å². The largest absolute Gasteiger partial charge is 0.464 e. The van der Waals surface area contributed by atoms with Crippen molar-refractivity contribution in [1.82, 2.24) is 9.88 Å². The molecule has 0 bridgehead atoms. The molecular weight excluding hydrogens is 416 g/mol. The first kappa shape index (κ1) is 23.2. The summed E-state index contributed by atoms with van der Waals surface area (Å²) in [7, 11) is 3.67. The molecule has 1 saturated heterocycles. The normalized spacial score (nSPS) is 31.5. The molecule has 1 aromatic carbocycles. The van der Waals surface area contributed by atoms with Gasteiger partial charge in [-0.2, -0.15) is 0 Å². The summed E-state index contributed by atoms with van der Waals surface area (Å²) in [6.07, 6.45) is 4.38. The number of rotatable bonds is 8. The molecule has 0 saturated carbocycles. The van der Waals surface area contributed by atoms with Gasteiger partial charge in [0.25, 0.3) is 11.6 Å². The summed E-state index contributed by atoms with van der Waals surface area (Å²) in [6, 6.07) is 8.40. The highest BCUT2D eigenvalue weighted by atomic mass is 16.7. The zero-order valence-electron chi connectivity index (χ0n) is 18.7. The van der Waals surface area contributed by atoms with E-state index >= 15 is 0 Å². The maximum Gasteiger partial charge on any atom is 0.268 e. The minimum atomic E-state index is -2.42. The number of methoxy groups -OCH3 is 3. The molecular formula is C23H32N2O7. The van der Waals surface area contributed by atoms with Crippen molar-refractivity contribution in [2.75, 3.05) is 27.9 Å². The minimum Gasteiger partial charge on any atom is -0.464 e. The second-order valence-electron chi connectivity index (χ2n) is 8.32. The van der Waals surface area contributed by atoms with E-state index in [0.29, 0.717) is 6.04 Å². The number of hydrogen-bond donors (Lipinski definition) is 4. The summed E-state index contributed by atoms with van der Waals surface area (Å²) in [4.78, 5) is 0. The van der Waals surface area contributed by atoms with Gasteiger partial charge in [0, 0.05) is 45.0 Å². The van der Waals surface area contributed by atoms with E-state index in [1.807, 2.05) is 30.5 Å². The number of ether oxygens (including phenoxy) is 4. The van der Waals surface area contributed by atoms with Gasteiger partial charge in [-0.25, -0.2) is 0 Å². The van der Waals surface area contributed by atoms with Crippen LogP contribution in [-0.4, -0.2) is 77.8 Å². The third-order valence-corrected chi connectivity index (χ3v) is 6.55. The van der Waals surface area contributed by atoms with E-state index in [2.05, 4.69) is 5.32 Å². The Hall–Kier alpha value is -1.98. The van der Waals surface area contributed by atoms with Crippen molar-refractivity contribution >= 4 is 16.8 Å². The third kappa shape index (κ3) is 3.84. The second-order valence-corrected chi connectivity index (χ2v) is 8.32. The van der Waals surface area contributed by atoms with E-state index in [1.54, 1.807) is 4.57 Å². The molecule has 2 aliphatic rings. The lowest BCUT2D eigenvalue weighted by molar-refractivity contribution is -0.404. The van der Waals surface area contributed by atoms with Gasteiger partial charge in [0.05, 0.1) is 5.52 Å². The van der Waals surface area contributed by atoms with Gasteiger partial charge in [0.2, 0.25) is 6.10 Å². The molecule has 9 heteroatoms. The molecule has 1 aromatic heterocycles. The summed E-state index contributed by atoms with van der Waals surface area (Å²) in [5.41, 5.74) is 2.00. The Morgan fingerprint density at radius 3 is 2.66 bits per heavy atom. The molecule has 176 valence electrons. The summed E-state index contributed by atoms with van der Waals surface area (Å²) in [6.45, 7) is 1.06. The number of aliphatic hydroxyl groups is 3. The molecule has 5 atom stereocenters. The van der Waals surface area contributed by atoms with Gasteiger partial charge in [-0.3, -0.25) is 4.57 Å². The van der Waals surface area contributed by atoms with E-state index in [1.165, 1.54) is 40.2 Å². The van der Waals surface area contributed by atoms with Gasteiger partial charge in [-0.05, 0) is 43.9 Å². The van der Waals surface area contributed by atoms with Crippen LogP contribution in [0.4, 0.5) is 0 Å². The smallest absolute Gasteiger partial charge is 0.268 e. The summed E-state index contributed by atoms with van der Waals surface area (Å²) >= 11 is 0. The third-order valence-electron chi connectivity index (χ3n) is 6.55. The standard InChI is InChI=1S/C23H32N2O7/c1-29-21(26)20-23(28,31-3)22(27,30-2)13-19(32-20)25-14-15(10-11-16-7-6-12-24-16)17-8-4-5-9-18(17)25/h4-5,8-9,13-14,16,20-21,24,26-28H,6-7,10-12H2,1-3H3/t16?,20-,21+,22+,23+/m1/s1. The number of benzene rings is 1. The monoisotopic (exact) mass is 448 g/mol. The van der Waals surface area contributed by atoms with Gasteiger partial charge >= 0.3 is 0 Å². The van der Waals surface area contributed by atoms with Gasteiger partial charge < -0.3 is 39.6 Å². The Morgan fingerprint density at radius 1 is 1.22 bits per heavy atom. The van der Waals surface area contributed by atoms with Crippen molar-refractivity contribution < 1.29 is 34.3 Å². The molecule has 4 rings (SSSR count). The van der Waals surface area contributed by atoms with E-state index in [9.17, 15) is 15.3 Å². The van der Waals surface area contributed by atoms with Crippen LogP contribution in [-0.2, 0) is 25.4 Å². The molecule has 0 spiro atoms. The number of hydrogen-bond acceptors (Lipinski definition) is 8. The SMILES string of the molecule is CO[C@H](O)[C@H]1OC(n2cc(CCC3CCCN3)c3ccccc32)=C[C@](O)(OC)[C@@]1(O)OC. The molecule has 9 nitrogen and oxygen atoms in total. The molecule has 1 unspecified atom stereocenters. The van der Waals surface area contributed by atoms with Crippen LogP contribution in [0.3, 0.4) is 0 Å². The number of nitrogens with one attached hydrogen (secondary N) is 1. The van der Waals surface area contributed by atoms with Crippen molar-refractivity contribution in [3.63, 3.8) is 0 Å². The summed E-state index contributed by atoms with van der Waals surface area (Å²) < 4.78 is 23.1. The fourth-order valence-corrected chi connectivity index (χ4v) is 4.65. The maximum absolute atomic E-state index is 11.1. The highest BCUT2D eigenvalue weighted by Crippen LogP contribution is 2.41. The molecule has 0 aliphatic carbocycles. The molecule has 32 heavy (non-hydrogen) atoms. The van der Waals surface area contributed by atoms with E-state index < -0.39 is 24.0 Å². The molecule has 0 radical (unpaired) electrons. The van der Waals surface area contributed by atoms with E-state index in [0.717, 1.165) is 35.9 Å². The van der Waals surface area contributed by atoms with Crippen LogP contribution in [0, 0.1) is 0 Å². The average Bonchev–Trinajstić information content (AvgIpc) is 3.47. The fraction of sp³-hybridized carbons (Fsp3) is 0.565. The average molecular weight is 449 g/mol. The van der Waals surface area contributed by atoms with Crippen molar-refractivity contribution in [3.8, 4) is 0 Å². The first-order valence-corrected chi connectivity index (χ1v) is 10.8. The summed E-state index contributed by atoms with van der Waals surface area (Å²) in [5.74, 6) is -4.54. The van der Waals surface area contributed by atoms with Crippen molar-refractivity contribution in [1.29, 1.82) is 0 Å². The number of aliphatic hydroxyl groups excluding tert-OH is 1. The molecule has 0 amide bonds. The molecule has 4 N–H and O–H groups in total. The Labute approximate surface area is 187 Å². The molecule has 2 aromatic rings. The van der Waals surface area contributed by atoms with E-state index in [4.69, 9.17) is 18.9 Å². The number of nitrogens with zero attached hydrogens (tertiary/aromatic N) is 1. The van der Waals surface area contributed by atoms with Crippen LogP contribution in [0.5, 0.6) is 0 Å². The van der Waals surface area contributed by atoms with Crippen LogP contribution < -0.4 is 5.32 Å². The van der Waals surface area contributed by atoms with Crippen LogP contribution in [0.25, 0.3) is 16.8 Å². The van der Waals surface area contributed by atoms with E-state index in [-0.39, 0.29) is 5.88 Å². The van der Waals surface area contributed by atoms with Gasteiger partial charge in [0.1, 0.15) is 0 Å². The second kappa shape index (κ2) is 9.11.